The number of esters is 2. The predicted molar refractivity (Wildman–Crippen MR) is 90.8 cm³/mol. The van der Waals surface area contributed by atoms with Crippen molar-refractivity contribution in [1.29, 1.82) is 0 Å². The molecule has 1 aliphatic carbocycles. The van der Waals surface area contributed by atoms with Crippen LogP contribution in [0.3, 0.4) is 0 Å². The predicted octanol–water partition coefficient (Wildman–Crippen LogP) is 3.98. The molecule has 0 aromatic heterocycles. The molecule has 0 amide bonds. The van der Waals surface area contributed by atoms with Gasteiger partial charge in [0, 0.05) is 5.41 Å². The van der Waals surface area contributed by atoms with E-state index in [2.05, 4.69) is 13.8 Å². The summed E-state index contributed by atoms with van der Waals surface area (Å²) in [4.78, 5) is 24.6. The van der Waals surface area contributed by atoms with Gasteiger partial charge in [0.1, 0.15) is 5.57 Å². The first kappa shape index (κ1) is 19.2. The number of hydrogen-bond donors (Lipinski definition) is 0. The lowest BCUT2D eigenvalue weighted by atomic mass is 9.71. The average molecular weight is 320 g/mol. The summed E-state index contributed by atoms with van der Waals surface area (Å²) in [6, 6.07) is 0. The van der Waals surface area contributed by atoms with Crippen LogP contribution >= 0.6 is 0 Å². The van der Waals surface area contributed by atoms with Crippen LogP contribution in [0, 0.1) is 11.3 Å². The first-order chi connectivity index (χ1) is 11.0. The molecule has 1 rings (SSSR count). The average Bonchev–Trinajstić information content (AvgIpc) is 2.56. The zero-order valence-electron chi connectivity index (χ0n) is 14.6. The molecule has 1 atom stereocenters. The first-order valence-corrected chi connectivity index (χ1v) is 8.38. The van der Waals surface area contributed by atoms with Crippen molar-refractivity contribution in [2.24, 2.45) is 11.3 Å². The maximum atomic E-state index is 12.3. The van der Waals surface area contributed by atoms with Crippen molar-refractivity contribution in [3.8, 4) is 0 Å². The largest absolute Gasteiger partial charge is 0.462 e. The maximum absolute atomic E-state index is 12.3. The fourth-order valence-corrected chi connectivity index (χ4v) is 2.37. The summed E-state index contributed by atoms with van der Waals surface area (Å²) in [5.74, 6) is -0.969. The molecule has 23 heavy (non-hydrogen) atoms. The normalized spacial score (nSPS) is 19.5. The van der Waals surface area contributed by atoms with Crippen LogP contribution in [0.1, 0.15) is 47.0 Å². The molecule has 0 aromatic carbocycles. The Labute approximate surface area is 139 Å². The van der Waals surface area contributed by atoms with Crippen molar-refractivity contribution in [2.45, 2.75) is 47.0 Å². The highest BCUT2D eigenvalue weighted by atomic mass is 16.6. The van der Waals surface area contributed by atoms with Crippen molar-refractivity contribution in [3.63, 3.8) is 0 Å². The molecule has 0 aliphatic heterocycles. The third-order valence-corrected chi connectivity index (χ3v) is 3.93. The van der Waals surface area contributed by atoms with Crippen molar-refractivity contribution in [3.05, 3.63) is 36.0 Å². The maximum Gasteiger partial charge on any atom is 0.345 e. The van der Waals surface area contributed by atoms with Gasteiger partial charge in [-0.1, -0.05) is 58.1 Å². The molecule has 0 fully saturated rings. The Hall–Kier alpha value is -1.84. The lowest BCUT2D eigenvalue weighted by Gasteiger charge is -2.33. The van der Waals surface area contributed by atoms with Crippen LogP contribution in [0.5, 0.6) is 0 Å². The van der Waals surface area contributed by atoms with Gasteiger partial charge in [-0.05, 0) is 25.2 Å². The van der Waals surface area contributed by atoms with E-state index >= 15 is 0 Å². The number of carbonyl (C=O) groups is 2. The topological polar surface area (TPSA) is 52.6 Å². The molecule has 0 saturated carbocycles. The number of rotatable bonds is 8. The van der Waals surface area contributed by atoms with Crippen molar-refractivity contribution in [2.75, 3.05) is 13.2 Å². The molecular weight excluding hydrogens is 292 g/mol. The Morgan fingerprint density at radius 1 is 1.09 bits per heavy atom. The molecule has 0 aromatic rings. The summed E-state index contributed by atoms with van der Waals surface area (Å²) in [5.41, 5.74) is -0.374. The Bertz CT molecular complexity index is 477. The number of carbonyl (C=O) groups excluding carboxylic acids is 2. The summed E-state index contributed by atoms with van der Waals surface area (Å²) in [5, 5.41) is 0. The lowest BCUT2D eigenvalue weighted by Crippen LogP contribution is -2.28. The van der Waals surface area contributed by atoms with E-state index < -0.39 is 11.9 Å². The minimum Gasteiger partial charge on any atom is -0.462 e. The van der Waals surface area contributed by atoms with Gasteiger partial charge in [-0.25, -0.2) is 9.59 Å². The summed E-state index contributed by atoms with van der Waals surface area (Å²) in [7, 11) is 0. The van der Waals surface area contributed by atoms with E-state index in [4.69, 9.17) is 9.47 Å². The van der Waals surface area contributed by atoms with Gasteiger partial charge in [0.05, 0.1) is 13.2 Å². The third kappa shape index (κ3) is 5.38. The van der Waals surface area contributed by atoms with Gasteiger partial charge in [-0.3, -0.25) is 0 Å². The van der Waals surface area contributed by atoms with E-state index in [-0.39, 0.29) is 16.9 Å². The number of ether oxygens (including phenoxy) is 2. The van der Waals surface area contributed by atoms with Crippen molar-refractivity contribution in [1.82, 2.24) is 0 Å². The standard InChI is InChI=1S/C19H28O4/c1-5-12-22-17(20)16(18(21)23-13-6-2)14-19(15(3)4)10-8-7-9-11-19/h7-10,14-15H,5-6,11-13H2,1-4H3. The first-order valence-electron chi connectivity index (χ1n) is 8.38. The van der Waals surface area contributed by atoms with Gasteiger partial charge in [-0.2, -0.15) is 0 Å². The lowest BCUT2D eigenvalue weighted by molar-refractivity contribution is -0.147. The van der Waals surface area contributed by atoms with E-state index in [9.17, 15) is 9.59 Å². The number of allylic oxidation sites excluding steroid dienone is 5. The molecule has 0 N–H and O–H groups in total. The second-order valence-corrected chi connectivity index (χ2v) is 6.09. The van der Waals surface area contributed by atoms with Crippen molar-refractivity contribution < 1.29 is 19.1 Å². The zero-order chi connectivity index (χ0) is 17.3. The van der Waals surface area contributed by atoms with Crippen LogP contribution in [-0.4, -0.2) is 25.2 Å². The quantitative estimate of drug-likeness (QED) is 0.294. The SMILES string of the molecule is CCCOC(=O)C(=CC1(C(C)C)C=CC=CC1)C(=O)OCCC. The summed E-state index contributed by atoms with van der Waals surface area (Å²) >= 11 is 0. The molecule has 0 saturated heterocycles. The molecule has 128 valence electrons. The Morgan fingerprint density at radius 2 is 1.65 bits per heavy atom. The molecule has 0 spiro atoms. The monoisotopic (exact) mass is 320 g/mol. The highest BCUT2D eigenvalue weighted by molar-refractivity contribution is 6.14. The molecule has 0 bridgehead atoms. The van der Waals surface area contributed by atoms with Gasteiger partial charge < -0.3 is 9.47 Å². The van der Waals surface area contributed by atoms with E-state index in [1.807, 2.05) is 38.2 Å². The molecule has 0 heterocycles. The minimum absolute atomic E-state index is 0.000509. The second kappa shape index (κ2) is 9.33. The van der Waals surface area contributed by atoms with Crippen LogP contribution in [0.25, 0.3) is 0 Å². The van der Waals surface area contributed by atoms with Crippen LogP contribution in [0.15, 0.2) is 36.0 Å². The smallest absolute Gasteiger partial charge is 0.345 e. The second-order valence-electron chi connectivity index (χ2n) is 6.09. The van der Waals surface area contributed by atoms with Crippen LogP contribution in [0.4, 0.5) is 0 Å². The Kier molecular flexibility index (Phi) is 7.79. The van der Waals surface area contributed by atoms with Crippen LogP contribution in [-0.2, 0) is 19.1 Å². The third-order valence-electron chi connectivity index (χ3n) is 3.93. The van der Waals surface area contributed by atoms with Crippen molar-refractivity contribution >= 4 is 11.9 Å². The molecule has 0 radical (unpaired) electrons. The van der Waals surface area contributed by atoms with E-state index in [1.165, 1.54) is 0 Å². The van der Waals surface area contributed by atoms with E-state index in [0.717, 1.165) is 6.42 Å². The fourth-order valence-electron chi connectivity index (χ4n) is 2.37. The molecule has 4 nitrogen and oxygen atoms in total. The van der Waals surface area contributed by atoms with Crippen LogP contribution < -0.4 is 0 Å². The number of hydrogen-bond acceptors (Lipinski definition) is 4. The summed E-state index contributed by atoms with van der Waals surface area (Å²) in [6.07, 6.45) is 11.9. The Balaban J connectivity index is 3.14. The van der Waals surface area contributed by atoms with Gasteiger partial charge in [-0.15, -0.1) is 0 Å². The highest BCUT2D eigenvalue weighted by Gasteiger charge is 2.33. The molecular formula is C19H28O4. The van der Waals surface area contributed by atoms with Gasteiger partial charge in [0.15, 0.2) is 0 Å². The minimum atomic E-state index is -0.601. The molecule has 1 aliphatic rings. The van der Waals surface area contributed by atoms with E-state index in [1.54, 1.807) is 6.08 Å². The molecule has 4 heteroatoms. The fraction of sp³-hybridized carbons (Fsp3) is 0.579. The summed E-state index contributed by atoms with van der Waals surface area (Å²) < 4.78 is 10.3. The summed E-state index contributed by atoms with van der Waals surface area (Å²) in [6.45, 7) is 8.56. The van der Waals surface area contributed by atoms with Gasteiger partial charge in [0.2, 0.25) is 0 Å². The zero-order valence-corrected chi connectivity index (χ0v) is 14.6. The van der Waals surface area contributed by atoms with Gasteiger partial charge in [0.25, 0.3) is 0 Å². The highest BCUT2D eigenvalue weighted by Crippen LogP contribution is 2.38. The Morgan fingerprint density at radius 3 is 2.04 bits per heavy atom. The molecule has 1 unspecified atom stereocenters. The van der Waals surface area contributed by atoms with Crippen LogP contribution in [0.2, 0.25) is 0 Å². The van der Waals surface area contributed by atoms with E-state index in [0.29, 0.717) is 26.1 Å². The van der Waals surface area contributed by atoms with Gasteiger partial charge >= 0.3 is 11.9 Å².